The van der Waals surface area contributed by atoms with Crippen molar-refractivity contribution < 1.29 is 14.3 Å². The highest BCUT2D eigenvalue weighted by molar-refractivity contribution is 7.17. The topological polar surface area (TPSA) is 68.3 Å². The van der Waals surface area contributed by atoms with Crippen LogP contribution in [0.5, 0.6) is 5.75 Å². The molecule has 0 saturated heterocycles. The molecule has 2 rings (SSSR count). The molecule has 122 valence electrons. The summed E-state index contributed by atoms with van der Waals surface area (Å²) in [5.74, 6) is 0.702. The molecule has 1 heterocycles. The lowest BCUT2D eigenvalue weighted by Crippen LogP contribution is -2.20. The molecule has 0 aliphatic carbocycles. The number of carbonyl (C=O) groups is 2. The smallest absolute Gasteiger partial charge is 0.264 e. The van der Waals surface area contributed by atoms with Crippen molar-refractivity contribution in [3.05, 3.63) is 40.4 Å². The molecule has 5 nitrogen and oxygen atoms in total. The van der Waals surface area contributed by atoms with Gasteiger partial charge in [-0.1, -0.05) is 37.3 Å². The van der Waals surface area contributed by atoms with Gasteiger partial charge in [-0.15, -0.1) is 0 Å². The zero-order chi connectivity index (χ0) is 17.0. The van der Waals surface area contributed by atoms with Crippen molar-refractivity contribution in [2.24, 2.45) is 0 Å². The highest BCUT2D eigenvalue weighted by Crippen LogP contribution is 2.23. The number of rotatable bonds is 6. The molecular formula is C17H20N2O3S. The van der Waals surface area contributed by atoms with Crippen LogP contribution in [-0.4, -0.2) is 23.3 Å². The Bertz CT molecular complexity index is 722. The van der Waals surface area contributed by atoms with Crippen molar-refractivity contribution in [2.45, 2.75) is 33.6 Å². The van der Waals surface area contributed by atoms with E-state index >= 15 is 0 Å². The first-order chi connectivity index (χ1) is 10.9. The number of carbonyl (C=O) groups excluding carboxylic acids is 2. The first-order valence-corrected chi connectivity index (χ1v) is 8.19. The van der Waals surface area contributed by atoms with Gasteiger partial charge in [-0.25, -0.2) is 4.98 Å². The summed E-state index contributed by atoms with van der Waals surface area (Å²) in [4.78, 5) is 28.1. The van der Waals surface area contributed by atoms with E-state index in [4.69, 9.17) is 4.74 Å². The molecule has 1 amide bonds. The summed E-state index contributed by atoms with van der Waals surface area (Å²) in [6.07, 6.45) is 0. The monoisotopic (exact) mass is 332 g/mol. The average molecular weight is 332 g/mol. The van der Waals surface area contributed by atoms with E-state index < -0.39 is 0 Å². The molecule has 0 unspecified atom stereocenters. The first kappa shape index (κ1) is 17.1. The third-order valence-corrected chi connectivity index (χ3v) is 4.43. The Balaban J connectivity index is 1.94. The highest BCUT2D eigenvalue weighted by atomic mass is 32.1. The van der Waals surface area contributed by atoms with Crippen molar-refractivity contribution in [2.75, 3.05) is 11.9 Å². The standard InChI is InChI=1S/C17H20N2O3S/c1-10(2)13-6-5-7-14(8-13)22-9-15(21)19-17-18-11(3)16(23-17)12(4)20/h5-8,10H,9H2,1-4H3,(H,18,19,21). The summed E-state index contributed by atoms with van der Waals surface area (Å²) in [5, 5.41) is 3.07. The molecule has 0 atom stereocenters. The van der Waals surface area contributed by atoms with Gasteiger partial charge in [0.15, 0.2) is 17.5 Å². The lowest BCUT2D eigenvalue weighted by molar-refractivity contribution is -0.118. The Morgan fingerprint density at radius 3 is 2.70 bits per heavy atom. The molecule has 6 heteroatoms. The minimum Gasteiger partial charge on any atom is -0.484 e. The number of amides is 1. The number of anilines is 1. The zero-order valence-electron chi connectivity index (χ0n) is 13.7. The van der Waals surface area contributed by atoms with Crippen LogP contribution in [0.25, 0.3) is 0 Å². The minimum absolute atomic E-state index is 0.0535. The van der Waals surface area contributed by atoms with Gasteiger partial charge >= 0.3 is 0 Å². The van der Waals surface area contributed by atoms with Crippen LogP contribution in [0.2, 0.25) is 0 Å². The van der Waals surface area contributed by atoms with Gasteiger partial charge in [-0.05, 0) is 30.5 Å². The molecule has 0 saturated carbocycles. The van der Waals surface area contributed by atoms with Gasteiger partial charge in [0, 0.05) is 6.92 Å². The second kappa shape index (κ2) is 7.37. The first-order valence-electron chi connectivity index (χ1n) is 7.37. The average Bonchev–Trinajstić information content (AvgIpc) is 2.86. The number of hydrogen-bond donors (Lipinski definition) is 1. The van der Waals surface area contributed by atoms with E-state index in [-0.39, 0.29) is 18.3 Å². The van der Waals surface area contributed by atoms with Crippen LogP contribution >= 0.6 is 11.3 Å². The van der Waals surface area contributed by atoms with Crippen LogP contribution in [0, 0.1) is 6.92 Å². The van der Waals surface area contributed by atoms with Gasteiger partial charge in [0.1, 0.15) is 5.75 Å². The van der Waals surface area contributed by atoms with Gasteiger partial charge in [0.25, 0.3) is 5.91 Å². The van der Waals surface area contributed by atoms with Crippen LogP contribution in [0.4, 0.5) is 5.13 Å². The number of ketones is 1. The van der Waals surface area contributed by atoms with Crippen LogP contribution < -0.4 is 10.1 Å². The Morgan fingerprint density at radius 1 is 1.35 bits per heavy atom. The van der Waals surface area contributed by atoms with E-state index in [9.17, 15) is 9.59 Å². The SMILES string of the molecule is CC(=O)c1sc(NC(=O)COc2cccc(C(C)C)c2)nc1C. The van der Waals surface area contributed by atoms with E-state index in [0.717, 1.165) is 5.56 Å². The molecule has 0 aliphatic heterocycles. The zero-order valence-corrected chi connectivity index (χ0v) is 14.5. The Morgan fingerprint density at radius 2 is 2.09 bits per heavy atom. The second-order valence-electron chi connectivity index (χ2n) is 5.55. The molecule has 1 aromatic carbocycles. The lowest BCUT2D eigenvalue weighted by Gasteiger charge is -2.09. The number of ether oxygens (including phenoxy) is 1. The van der Waals surface area contributed by atoms with Crippen molar-refractivity contribution in [3.63, 3.8) is 0 Å². The maximum Gasteiger partial charge on any atom is 0.264 e. The van der Waals surface area contributed by atoms with E-state index in [1.807, 2.05) is 24.3 Å². The summed E-state index contributed by atoms with van der Waals surface area (Å²) in [6.45, 7) is 7.33. The maximum atomic E-state index is 11.9. The largest absolute Gasteiger partial charge is 0.484 e. The van der Waals surface area contributed by atoms with E-state index in [1.54, 1.807) is 6.92 Å². The third-order valence-electron chi connectivity index (χ3n) is 3.26. The number of benzene rings is 1. The summed E-state index contributed by atoms with van der Waals surface area (Å²) >= 11 is 1.18. The fourth-order valence-electron chi connectivity index (χ4n) is 2.04. The Labute approximate surface area is 139 Å². The Hall–Kier alpha value is -2.21. The van der Waals surface area contributed by atoms with Gasteiger partial charge < -0.3 is 4.74 Å². The van der Waals surface area contributed by atoms with Crippen LogP contribution in [0.15, 0.2) is 24.3 Å². The van der Waals surface area contributed by atoms with Gasteiger partial charge in [-0.3, -0.25) is 14.9 Å². The van der Waals surface area contributed by atoms with Crippen LogP contribution in [-0.2, 0) is 4.79 Å². The van der Waals surface area contributed by atoms with Crippen LogP contribution in [0.3, 0.4) is 0 Å². The molecule has 1 N–H and O–H groups in total. The number of thiazole rings is 1. The summed E-state index contributed by atoms with van der Waals surface area (Å²) in [6, 6.07) is 7.69. The molecule has 0 radical (unpaired) electrons. The maximum absolute atomic E-state index is 11.9. The van der Waals surface area contributed by atoms with E-state index in [1.165, 1.54) is 18.3 Å². The van der Waals surface area contributed by atoms with E-state index in [2.05, 4.69) is 24.1 Å². The number of nitrogens with one attached hydrogen (secondary N) is 1. The van der Waals surface area contributed by atoms with Gasteiger partial charge in [0.2, 0.25) is 0 Å². The van der Waals surface area contributed by atoms with Crippen molar-refractivity contribution in [3.8, 4) is 5.75 Å². The number of Topliss-reactive ketones (excluding diaryl/α,β-unsaturated/α-hetero) is 1. The van der Waals surface area contributed by atoms with E-state index in [0.29, 0.717) is 27.4 Å². The number of aryl methyl sites for hydroxylation is 1. The Kier molecular flexibility index (Phi) is 5.50. The third kappa shape index (κ3) is 4.63. The fraction of sp³-hybridized carbons (Fsp3) is 0.353. The normalized spacial score (nSPS) is 10.7. The van der Waals surface area contributed by atoms with Crippen LogP contribution in [0.1, 0.15) is 47.6 Å². The summed E-state index contributed by atoms with van der Waals surface area (Å²) < 4.78 is 5.51. The molecular weight excluding hydrogens is 312 g/mol. The molecule has 0 aliphatic rings. The van der Waals surface area contributed by atoms with Crippen molar-refractivity contribution in [1.82, 2.24) is 4.98 Å². The number of aromatic nitrogens is 1. The molecule has 23 heavy (non-hydrogen) atoms. The van der Waals surface area contributed by atoms with Gasteiger partial charge in [0.05, 0.1) is 10.6 Å². The lowest BCUT2D eigenvalue weighted by atomic mass is 10.0. The molecule has 0 fully saturated rings. The summed E-state index contributed by atoms with van der Waals surface area (Å²) in [7, 11) is 0. The number of nitrogens with zero attached hydrogens (tertiary/aromatic N) is 1. The quantitative estimate of drug-likeness (QED) is 0.817. The summed E-state index contributed by atoms with van der Waals surface area (Å²) in [5.41, 5.74) is 1.79. The second-order valence-corrected chi connectivity index (χ2v) is 6.55. The minimum atomic E-state index is -0.302. The fourth-order valence-corrected chi connectivity index (χ4v) is 2.92. The number of hydrogen-bond acceptors (Lipinski definition) is 5. The molecule has 0 spiro atoms. The van der Waals surface area contributed by atoms with Crippen molar-refractivity contribution in [1.29, 1.82) is 0 Å². The predicted octanol–water partition coefficient (Wildman–Crippen LogP) is 3.80. The molecule has 0 bridgehead atoms. The highest BCUT2D eigenvalue weighted by Gasteiger charge is 2.13. The van der Waals surface area contributed by atoms with Crippen molar-refractivity contribution >= 4 is 28.2 Å². The molecule has 1 aromatic heterocycles. The molecule has 2 aromatic rings. The predicted molar refractivity (Wildman–Crippen MR) is 91.5 cm³/mol. The van der Waals surface area contributed by atoms with Gasteiger partial charge in [-0.2, -0.15) is 0 Å².